The van der Waals surface area contributed by atoms with E-state index in [0.29, 0.717) is 12.1 Å². The molecule has 3 rings (SSSR count). The Labute approximate surface area is 119 Å². The van der Waals surface area contributed by atoms with Gasteiger partial charge in [0.1, 0.15) is 12.2 Å². The molecule has 5 heteroatoms. The van der Waals surface area contributed by atoms with Gasteiger partial charge in [-0.05, 0) is 38.4 Å². The highest BCUT2D eigenvalue weighted by molar-refractivity contribution is 5.42. The lowest BCUT2D eigenvalue weighted by Gasteiger charge is -2.11. The molecule has 0 bridgehead atoms. The highest BCUT2D eigenvalue weighted by atomic mass is 15.4. The SMILES string of the molecule is C[C@H]1C[C@H](NCCCNc2ccccc2)c2ncnn21. The first-order valence-corrected chi connectivity index (χ1v) is 7.26. The minimum Gasteiger partial charge on any atom is -0.385 e. The van der Waals surface area contributed by atoms with Gasteiger partial charge in [-0.15, -0.1) is 0 Å². The summed E-state index contributed by atoms with van der Waals surface area (Å²) in [5.74, 6) is 1.08. The van der Waals surface area contributed by atoms with Crippen LogP contribution < -0.4 is 10.6 Å². The van der Waals surface area contributed by atoms with Gasteiger partial charge in [-0.3, -0.25) is 0 Å². The van der Waals surface area contributed by atoms with Gasteiger partial charge in [0.2, 0.25) is 0 Å². The Bertz CT molecular complexity index is 536. The fraction of sp³-hybridized carbons (Fsp3) is 0.467. The predicted octanol–water partition coefficient (Wildman–Crippen LogP) is 2.38. The summed E-state index contributed by atoms with van der Waals surface area (Å²) >= 11 is 0. The summed E-state index contributed by atoms with van der Waals surface area (Å²) in [6, 6.07) is 11.1. The van der Waals surface area contributed by atoms with Gasteiger partial charge in [-0.2, -0.15) is 5.10 Å². The third-order valence-corrected chi connectivity index (χ3v) is 3.75. The largest absolute Gasteiger partial charge is 0.385 e. The zero-order valence-corrected chi connectivity index (χ0v) is 11.8. The predicted molar refractivity (Wildman–Crippen MR) is 79.6 cm³/mol. The van der Waals surface area contributed by atoms with E-state index in [0.717, 1.165) is 31.8 Å². The lowest BCUT2D eigenvalue weighted by Crippen LogP contribution is -2.23. The molecule has 2 heterocycles. The summed E-state index contributed by atoms with van der Waals surface area (Å²) in [4.78, 5) is 4.35. The van der Waals surface area contributed by atoms with E-state index >= 15 is 0 Å². The number of nitrogens with one attached hydrogen (secondary N) is 2. The van der Waals surface area contributed by atoms with Crippen molar-refractivity contribution in [2.75, 3.05) is 18.4 Å². The zero-order valence-electron chi connectivity index (χ0n) is 11.8. The summed E-state index contributed by atoms with van der Waals surface area (Å²) in [6.07, 6.45) is 3.83. The van der Waals surface area contributed by atoms with E-state index in [4.69, 9.17) is 0 Å². The number of nitrogens with zero attached hydrogens (tertiary/aromatic N) is 3. The number of aromatic nitrogens is 3. The normalized spacial score (nSPS) is 20.9. The summed E-state index contributed by atoms with van der Waals surface area (Å²) in [6.45, 7) is 4.16. The Morgan fingerprint density at radius 2 is 2.10 bits per heavy atom. The topological polar surface area (TPSA) is 54.8 Å². The monoisotopic (exact) mass is 271 g/mol. The Hall–Kier alpha value is -1.88. The molecular formula is C15H21N5. The average molecular weight is 271 g/mol. The molecule has 0 saturated heterocycles. The molecule has 1 aliphatic heterocycles. The van der Waals surface area contributed by atoms with Crippen LogP contribution in [0.2, 0.25) is 0 Å². The van der Waals surface area contributed by atoms with Gasteiger partial charge in [0, 0.05) is 12.2 Å². The molecule has 20 heavy (non-hydrogen) atoms. The summed E-state index contributed by atoms with van der Waals surface area (Å²) in [5, 5.41) is 11.3. The highest BCUT2D eigenvalue weighted by Gasteiger charge is 2.29. The van der Waals surface area contributed by atoms with Crippen LogP contribution in [0.1, 0.15) is 37.7 Å². The van der Waals surface area contributed by atoms with Gasteiger partial charge in [-0.25, -0.2) is 9.67 Å². The molecule has 106 valence electrons. The Balaban J connectivity index is 1.39. The third-order valence-electron chi connectivity index (χ3n) is 3.75. The maximum absolute atomic E-state index is 4.35. The van der Waals surface area contributed by atoms with Crippen LogP contribution in [-0.4, -0.2) is 27.9 Å². The van der Waals surface area contributed by atoms with E-state index in [9.17, 15) is 0 Å². The van der Waals surface area contributed by atoms with Crippen LogP contribution in [0.3, 0.4) is 0 Å². The van der Waals surface area contributed by atoms with Crippen LogP contribution in [0.25, 0.3) is 0 Å². The molecule has 2 aromatic rings. The van der Waals surface area contributed by atoms with Crippen LogP contribution >= 0.6 is 0 Å². The quantitative estimate of drug-likeness (QED) is 0.792. The number of benzene rings is 1. The fourth-order valence-corrected chi connectivity index (χ4v) is 2.72. The molecule has 0 amide bonds. The first kappa shape index (κ1) is 13.1. The number of hydrogen-bond donors (Lipinski definition) is 2. The number of hydrogen-bond acceptors (Lipinski definition) is 4. The van der Waals surface area contributed by atoms with Crippen molar-refractivity contribution in [3.8, 4) is 0 Å². The molecule has 0 fully saturated rings. The third kappa shape index (κ3) is 2.82. The fourth-order valence-electron chi connectivity index (χ4n) is 2.72. The van der Waals surface area contributed by atoms with Crippen molar-refractivity contribution in [3.05, 3.63) is 42.5 Å². The lowest BCUT2D eigenvalue weighted by molar-refractivity contribution is 0.466. The van der Waals surface area contributed by atoms with Crippen molar-refractivity contribution in [1.82, 2.24) is 20.1 Å². The first-order valence-electron chi connectivity index (χ1n) is 7.26. The van der Waals surface area contributed by atoms with Gasteiger partial charge in [0.25, 0.3) is 0 Å². The summed E-state index contributed by atoms with van der Waals surface area (Å²) in [5.41, 5.74) is 1.18. The molecule has 0 aliphatic carbocycles. The van der Waals surface area contributed by atoms with E-state index in [-0.39, 0.29) is 0 Å². The molecule has 1 aromatic heterocycles. The molecule has 0 unspecified atom stereocenters. The second-order valence-electron chi connectivity index (χ2n) is 5.30. The van der Waals surface area contributed by atoms with Gasteiger partial charge < -0.3 is 10.6 Å². The summed E-state index contributed by atoms with van der Waals surface area (Å²) < 4.78 is 2.03. The van der Waals surface area contributed by atoms with E-state index < -0.39 is 0 Å². The van der Waals surface area contributed by atoms with Crippen molar-refractivity contribution in [1.29, 1.82) is 0 Å². The molecule has 1 aromatic carbocycles. The van der Waals surface area contributed by atoms with E-state index in [1.54, 1.807) is 6.33 Å². The van der Waals surface area contributed by atoms with E-state index in [1.165, 1.54) is 5.69 Å². The Kier molecular flexibility index (Phi) is 3.97. The van der Waals surface area contributed by atoms with Crippen molar-refractivity contribution in [2.24, 2.45) is 0 Å². The average Bonchev–Trinajstić information content (AvgIpc) is 3.05. The molecule has 0 saturated carbocycles. The highest BCUT2D eigenvalue weighted by Crippen LogP contribution is 2.31. The molecule has 2 N–H and O–H groups in total. The van der Waals surface area contributed by atoms with Gasteiger partial charge in [0.15, 0.2) is 0 Å². The maximum atomic E-state index is 4.35. The second kappa shape index (κ2) is 6.05. The zero-order chi connectivity index (χ0) is 13.8. The van der Waals surface area contributed by atoms with E-state index in [2.05, 4.69) is 39.8 Å². The maximum Gasteiger partial charge on any atom is 0.144 e. The molecule has 1 aliphatic rings. The molecule has 0 spiro atoms. The van der Waals surface area contributed by atoms with Gasteiger partial charge in [-0.1, -0.05) is 18.2 Å². The number of para-hydroxylation sites is 1. The second-order valence-corrected chi connectivity index (χ2v) is 5.30. The lowest BCUT2D eigenvalue weighted by atomic mass is 10.1. The van der Waals surface area contributed by atoms with Crippen molar-refractivity contribution in [3.63, 3.8) is 0 Å². The smallest absolute Gasteiger partial charge is 0.144 e. The van der Waals surface area contributed by atoms with Gasteiger partial charge in [0.05, 0.1) is 12.1 Å². The van der Waals surface area contributed by atoms with Crippen LogP contribution in [0.5, 0.6) is 0 Å². The Morgan fingerprint density at radius 3 is 2.95 bits per heavy atom. The summed E-state index contributed by atoms with van der Waals surface area (Å²) in [7, 11) is 0. The van der Waals surface area contributed by atoms with E-state index in [1.807, 2.05) is 22.9 Å². The number of rotatable bonds is 6. The number of fused-ring (bicyclic) bond motifs is 1. The number of anilines is 1. The van der Waals surface area contributed by atoms with Crippen molar-refractivity contribution < 1.29 is 0 Å². The minimum atomic E-state index is 0.351. The van der Waals surface area contributed by atoms with Crippen molar-refractivity contribution >= 4 is 5.69 Å². The molecule has 0 radical (unpaired) electrons. The standard InChI is InChI=1S/C15H21N5/c1-12-10-14(15-18-11-19-20(12)15)17-9-5-8-16-13-6-3-2-4-7-13/h2-4,6-7,11-12,14,16-17H,5,8-10H2,1H3/t12-,14-/m0/s1. The van der Waals surface area contributed by atoms with Gasteiger partial charge >= 0.3 is 0 Å². The Morgan fingerprint density at radius 1 is 1.25 bits per heavy atom. The molecular weight excluding hydrogens is 250 g/mol. The van der Waals surface area contributed by atoms with Crippen LogP contribution in [0, 0.1) is 0 Å². The minimum absolute atomic E-state index is 0.351. The first-order chi connectivity index (χ1) is 9.84. The van der Waals surface area contributed by atoms with Crippen LogP contribution in [0.4, 0.5) is 5.69 Å². The van der Waals surface area contributed by atoms with Crippen LogP contribution in [-0.2, 0) is 0 Å². The van der Waals surface area contributed by atoms with Crippen molar-refractivity contribution in [2.45, 2.75) is 31.8 Å². The van der Waals surface area contributed by atoms with Crippen LogP contribution in [0.15, 0.2) is 36.7 Å². The molecule has 5 nitrogen and oxygen atoms in total. The molecule has 2 atom stereocenters.